The van der Waals surface area contributed by atoms with Crippen LogP contribution in [0.1, 0.15) is 27.2 Å². The molecule has 0 saturated heterocycles. The van der Waals surface area contributed by atoms with E-state index >= 15 is 0 Å². The summed E-state index contributed by atoms with van der Waals surface area (Å²) in [5.41, 5.74) is -0.554. The van der Waals surface area contributed by atoms with Gasteiger partial charge in [0.15, 0.2) is 0 Å². The van der Waals surface area contributed by atoms with Crippen molar-refractivity contribution in [3.05, 3.63) is 0 Å². The summed E-state index contributed by atoms with van der Waals surface area (Å²) >= 11 is 0. The molecule has 0 spiro atoms. The van der Waals surface area contributed by atoms with Crippen molar-refractivity contribution in [1.82, 2.24) is 14.9 Å². The highest BCUT2D eigenvalue weighted by Gasteiger charge is 2.26. The summed E-state index contributed by atoms with van der Waals surface area (Å²) in [7, 11) is -2.08. The van der Waals surface area contributed by atoms with Gasteiger partial charge in [-0.2, -0.15) is 0 Å². The van der Waals surface area contributed by atoms with E-state index in [0.29, 0.717) is 0 Å². The Labute approximate surface area is 119 Å². The van der Waals surface area contributed by atoms with Gasteiger partial charge in [-0.25, -0.2) is 17.9 Å². The van der Waals surface area contributed by atoms with Crippen LogP contribution in [0.4, 0.5) is 4.79 Å². The molecule has 0 aromatic rings. The number of rotatable bonds is 7. The third-order valence-electron chi connectivity index (χ3n) is 2.56. The maximum absolute atomic E-state index is 12.0. The number of nitrogens with one attached hydrogen (secondary N) is 2. The Balaban J connectivity index is 4.53. The fraction of sp³-hybridized carbons (Fsp3) is 0.818. The third kappa shape index (κ3) is 7.29. The second-order valence-corrected chi connectivity index (χ2v) is 7.27. The molecule has 20 heavy (non-hydrogen) atoms. The second kappa shape index (κ2) is 7.44. The van der Waals surface area contributed by atoms with E-state index in [2.05, 4.69) is 10.0 Å². The van der Waals surface area contributed by atoms with Crippen molar-refractivity contribution in [2.45, 2.75) is 32.7 Å². The van der Waals surface area contributed by atoms with Gasteiger partial charge in [-0.05, 0) is 27.8 Å². The van der Waals surface area contributed by atoms with Crippen LogP contribution in [-0.2, 0) is 14.8 Å². The molecule has 0 radical (unpaired) electrons. The fourth-order valence-corrected chi connectivity index (χ4v) is 2.01. The summed E-state index contributed by atoms with van der Waals surface area (Å²) in [6.45, 7) is 5.35. The minimum Gasteiger partial charge on any atom is -0.481 e. The smallest absolute Gasteiger partial charge is 0.317 e. The lowest BCUT2D eigenvalue weighted by atomic mass is 10.1. The van der Waals surface area contributed by atoms with Crippen LogP contribution in [0, 0.1) is 0 Å². The maximum Gasteiger partial charge on any atom is 0.317 e. The summed E-state index contributed by atoms with van der Waals surface area (Å²) in [6.07, 6.45) is -0.167. The molecule has 0 unspecified atom stereocenters. The Hall–Kier alpha value is -1.35. The van der Waals surface area contributed by atoms with E-state index in [-0.39, 0.29) is 25.3 Å². The average Bonchev–Trinajstić information content (AvgIpc) is 2.26. The van der Waals surface area contributed by atoms with E-state index < -0.39 is 27.6 Å². The molecule has 0 saturated carbocycles. The van der Waals surface area contributed by atoms with Gasteiger partial charge in [0, 0.05) is 18.6 Å². The van der Waals surface area contributed by atoms with Crippen molar-refractivity contribution < 1.29 is 23.1 Å². The Morgan fingerprint density at radius 1 is 1.25 bits per heavy atom. The van der Waals surface area contributed by atoms with Gasteiger partial charge in [0.05, 0.1) is 12.2 Å². The fourth-order valence-electron chi connectivity index (χ4n) is 1.44. The quantitative estimate of drug-likeness (QED) is 0.603. The normalized spacial score (nSPS) is 12.0. The number of nitrogens with zero attached hydrogens (tertiary/aromatic N) is 1. The van der Waals surface area contributed by atoms with E-state index in [9.17, 15) is 18.0 Å². The molecule has 0 aromatic carbocycles. The highest BCUT2D eigenvalue weighted by Crippen LogP contribution is 2.13. The molecule has 3 N–H and O–H groups in total. The molecule has 0 rings (SSSR count). The molecule has 8 nitrogen and oxygen atoms in total. The van der Waals surface area contributed by atoms with Crippen LogP contribution >= 0.6 is 0 Å². The molecule has 0 heterocycles. The lowest BCUT2D eigenvalue weighted by molar-refractivity contribution is -0.137. The van der Waals surface area contributed by atoms with Crippen molar-refractivity contribution in [3.8, 4) is 0 Å². The highest BCUT2D eigenvalue weighted by molar-refractivity contribution is 7.89. The number of hydrogen-bond acceptors (Lipinski definition) is 4. The maximum atomic E-state index is 12.0. The van der Waals surface area contributed by atoms with Crippen molar-refractivity contribution in [1.29, 1.82) is 0 Å². The van der Waals surface area contributed by atoms with Crippen molar-refractivity contribution in [3.63, 3.8) is 0 Å². The molecule has 118 valence electrons. The molecular formula is C11H23N3O5S. The molecule has 0 fully saturated rings. The Kier molecular flexibility index (Phi) is 6.94. The summed E-state index contributed by atoms with van der Waals surface area (Å²) in [5.74, 6) is -1.23. The number of carboxylic acids is 1. The van der Waals surface area contributed by atoms with Gasteiger partial charge in [-0.15, -0.1) is 0 Å². The summed E-state index contributed by atoms with van der Waals surface area (Å²) < 4.78 is 24.6. The topological polar surface area (TPSA) is 116 Å². The summed E-state index contributed by atoms with van der Waals surface area (Å²) in [6, 6.07) is -0.481. The first-order valence-electron chi connectivity index (χ1n) is 6.18. The van der Waals surface area contributed by atoms with E-state index in [1.807, 2.05) is 0 Å². The van der Waals surface area contributed by atoms with Gasteiger partial charge >= 0.3 is 12.0 Å². The number of urea groups is 1. The van der Waals surface area contributed by atoms with Gasteiger partial charge in [0.25, 0.3) is 0 Å². The monoisotopic (exact) mass is 309 g/mol. The van der Waals surface area contributed by atoms with Crippen LogP contribution in [0.3, 0.4) is 0 Å². The number of carboxylic acid groups (broad SMARTS) is 1. The molecule has 0 aliphatic heterocycles. The van der Waals surface area contributed by atoms with Crippen LogP contribution in [-0.4, -0.2) is 61.9 Å². The number of hydrogen-bond donors (Lipinski definition) is 3. The predicted molar refractivity (Wildman–Crippen MR) is 75.0 cm³/mol. The molecule has 0 bridgehead atoms. The first-order valence-corrected chi connectivity index (χ1v) is 7.83. The van der Waals surface area contributed by atoms with Crippen LogP contribution in [0.5, 0.6) is 0 Å². The van der Waals surface area contributed by atoms with Crippen molar-refractivity contribution in [2.75, 3.05) is 25.9 Å². The zero-order chi connectivity index (χ0) is 16.0. The van der Waals surface area contributed by atoms with Crippen LogP contribution in [0.25, 0.3) is 0 Å². The Morgan fingerprint density at radius 3 is 2.20 bits per heavy atom. The van der Waals surface area contributed by atoms with Gasteiger partial charge in [-0.3, -0.25) is 4.79 Å². The van der Waals surface area contributed by atoms with Crippen LogP contribution < -0.4 is 10.0 Å². The highest BCUT2D eigenvalue weighted by atomic mass is 32.2. The molecule has 0 aliphatic rings. The summed E-state index contributed by atoms with van der Waals surface area (Å²) in [5, 5.41) is 11.2. The van der Waals surface area contributed by atoms with Gasteiger partial charge in [-0.1, -0.05) is 0 Å². The minimum absolute atomic E-state index is 0.0400. The number of carbonyl (C=O) groups is 2. The number of amides is 2. The zero-order valence-electron chi connectivity index (χ0n) is 12.3. The van der Waals surface area contributed by atoms with E-state index in [1.54, 1.807) is 20.8 Å². The number of sulfonamides is 1. The Bertz CT molecular complexity index is 441. The van der Waals surface area contributed by atoms with E-state index in [1.165, 1.54) is 11.9 Å². The molecule has 0 atom stereocenters. The SMILES string of the molecule is CNS(=O)(=O)CCNC(=O)N(CCC(=O)O)C(C)(C)C. The van der Waals surface area contributed by atoms with Crippen LogP contribution in [0.2, 0.25) is 0 Å². The van der Waals surface area contributed by atoms with Crippen molar-refractivity contribution >= 4 is 22.0 Å². The van der Waals surface area contributed by atoms with Gasteiger partial charge in [0.2, 0.25) is 10.0 Å². The average molecular weight is 309 g/mol. The minimum atomic E-state index is -3.38. The number of carbonyl (C=O) groups excluding carboxylic acids is 1. The predicted octanol–water partition coefficient (Wildman–Crippen LogP) is -0.180. The third-order valence-corrected chi connectivity index (χ3v) is 3.93. The van der Waals surface area contributed by atoms with Crippen molar-refractivity contribution in [2.24, 2.45) is 0 Å². The van der Waals surface area contributed by atoms with Crippen LogP contribution in [0.15, 0.2) is 0 Å². The molecule has 9 heteroatoms. The Morgan fingerprint density at radius 2 is 1.80 bits per heavy atom. The standard InChI is InChI=1S/C11H23N3O5S/c1-11(2,3)14(7-5-9(15)16)10(17)13-6-8-20(18,19)12-4/h12H,5-8H2,1-4H3,(H,13,17)(H,15,16). The lowest BCUT2D eigenvalue weighted by Gasteiger charge is -2.35. The van der Waals surface area contributed by atoms with Gasteiger partial charge < -0.3 is 15.3 Å². The van der Waals surface area contributed by atoms with E-state index in [4.69, 9.17) is 5.11 Å². The molecule has 2 amide bonds. The van der Waals surface area contributed by atoms with Gasteiger partial charge in [0.1, 0.15) is 0 Å². The second-order valence-electron chi connectivity index (χ2n) is 5.22. The zero-order valence-corrected chi connectivity index (χ0v) is 13.1. The first-order chi connectivity index (χ1) is 8.99. The largest absolute Gasteiger partial charge is 0.481 e. The lowest BCUT2D eigenvalue weighted by Crippen LogP contribution is -2.52. The first kappa shape index (κ1) is 18.7. The van der Waals surface area contributed by atoms with E-state index in [0.717, 1.165) is 0 Å². The number of aliphatic carboxylic acids is 1. The molecule has 0 aromatic heterocycles. The summed E-state index contributed by atoms with van der Waals surface area (Å²) in [4.78, 5) is 23.9. The molecular weight excluding hydrogens is 286 g/mol. The molecule has 0 aliphatic carbocycles.